The molecule has 0 N–H and O–H groups in total. The van der Waals surface area contributed by atoms with Crippen LogP contribution in [0.1, 0.15) is 49.0 Å². The molecule has 1 radical (unpaired) electrons. The Bertz CT molecular complexity index is 327. The molecule has 19 heavy (non-hydrogen) atoms. The first-order valence-electron chi connectivity index (χ1n) is 5.98. The Kier molecular flexibility index (Phi) is 38.4. The van der Waals surface area contributed by atoms with Crippen LogP contribution in [0.4, 0.5) is 5.69 Å². The van der Waals surface area contributed by atoms with E-state index in [4.69, 9.17) is 0 Å². The van der Waals surface area contributed by atoms with E-state index in [9.17, 15) is 8.42 Å². The third kappa shape index (κ3) is 27.3. The average molecular weight is 364 g/mol. The molecular weight excluding hydrogens is 335 g/mol. The Hall–Kier alpha value is 0.0739. The molecule has 0 bridgehead atoms. The predicted molar refractivity (Wildman–Crippen MR) is 83.9 cm³/mol. The fraction of sp³-hybridized carbons (Fsp3) is 0.571. The van der Waals surface area contributed by atoms with Crippen molar-refractivity contribution < 1.29 is 41.1 Å². The third-order valence-electron chi connectivity index (χ3n) is 0.957. The maximum atomic E-state index is 10.6. The summed E-state index contributed by atoms with van der Waals surface area (Å²) in [6.07, 6.45) is 1.05. The minimum Gasteiger partial charge on any atom is -0.598 e. The van der Waals surface area contributed by atoms with Crippen LogP contribution in [-0.2, 0) is 42.7 Å². The first-order chi connectivity index (χ1) is 8.08. The predicted octanol–water partition coefficient (Wildman–Crippen LogP) is 5.16. The number of benzene rings is 1. The molecule has 0 aromatic heterocycles. The van der Waals surface area contributed by atoms with Gasteiger partial charge in [-0.1, -0.05) is 49.0 Å². The Morgan fingerprint density at radius 2 is 1.42 bits per heavy atom. The van der Waals surface area contributed by atoms with Gasteiger partial charge in [-0.15, -0.1) is 0 Å². The molecule has 0 unspecified atom stereocenters. The molecule has 0 saturated heterocycles. The van der Waals surface area contributed by atoms with Gasteiger partial charge in [0.2, 0.25) is 0 Å². The molecule has 3 nitrogen and oxygen atoms in total. The molecule has 0 spiro atoms. The zero-order valence-electron chi connectivity index (χ0n) is 12.6. The van der Waals surface area contributed by atoms with Crippen LogP contribution in [0.5, 0.6) is 0 Å². The molecule has 0 fully saturated rings. The first-order valence-corrected chi connectivity index (χ1v) is 7.82. The largest absolute Gasteiger partial charge is 0.598 e. The van der Waals surface area contributed by atoms with Crippen molar-refractivity contribution in [3.8, 4) is 0 Å². The van der Waals surface area contributed by atoms with E-state index in [2.05, 4.69) is 10.8 Å². The topological polar surface area (TPSA) is 48.2 Å². The molecule has 0 aliphatic carbocycles. The Labute approximate surface area is 146 Å². The SMILES string of the molecule is C.CC.CC.CC.CS(=O)(=O)[N-]c1[c-]cccc1.[Y]. The molecule has 5 heteroatoms. The van der Waals surface area contributed by atoms with E-state index < -0.39 is 10.0 Å². The Morgan fingerprint density at radius 1 is 1.00 bits per heavy atom. The summed E-state index contributed by atoms with van der Waals surface area (Å²) < 4.78 is 24.6. The number of rotatable bonds is 2. The average Bonchev–Trinajstić information content (AvgIpc) is 2.36. The van der Waals surface area contributed by atoms with E-state index in [0.717, 1.165) is 6.26 Å². The minimum atomic E-state index is -3.28. The molecule has 113 valence electrons. The van der Waals surface area contributed by atoms with E-state index in [1.54, 1.807) is 24.3 Å². The van der Waals surface area contributed by atoms with Gasteiger partial charge in [-0.25, -0.2) is 14.1 Å². The summed E-state index contributed by atoms with van der Waals surface area (Å²) in [5.74, 6) is 0. The van der Waals surface area contributed by atoms with Gasteiger partial charge in [0.1, 0.15) is 0 Å². The summed E-state index contributed by atoms with van der Waals surface area (Å²) >= 11 is 0. The number of hydrogen-bond donors (Lipinski definition) is 0. The normalized spacial score (nSPS) is 7.32. The van der Waals surface area contributed by atoms with Gasteiger partial charge in [-0.2, -0.15) is 30.3 Å². The number of sulfonamides is 1. The fourth-order valence-corrected chi connectivity index (χ4v) is 1.09. The van der Waals surface area contributed by atoms with E-state index in [1.807, 2.05) is 41.5 Å². The molecule has 1 aromatic rings. The van der Waals surface area contributed by atoms with Crippen molar-refractivity contribution in [3.63, 3.8) is 0 Å². The Balaban J connectivity index is -0.0000000724. The Morgan fingerprint density at radius 3 is 1.68 bits per heavy atom. The standard InChI is InChI=1S/C7H7NO2S.3C2H6.CH4.Y/c1-11(9,10)8-7-5-3-2-4-6-7;3*1-2;;/h2-5H,1H3;3*1-2H3;1H4;/q-2;;;;;. The molecule has 1 aromatic carbocycles. The first kappa shape index (κ1) is 31.5. The summed E-state index contributed by atoms with van der Waals surface area (Å²) in [7, 11) is -3.28. The molecule has 0 saturated carbocycles. The van der Waals surface area contributed by atoms with Crippen molar-refractivity contribution in [2.45, 2.75) is 49.0 Å². The van der Waals surface area contributed by atoms with Gasteiger partial charge in [-0.05, 0) is 0 Å². The van der Waals surface area contributed by atoms with Crippen molar-refractivity contribution in [3.05, 3.63) is 35.1 Å². The van der Waals surface area contributed by atoms with Crippen LogP contribution in [0.3, 0.4) is 0 Å². The minimum absolute atomic E-state index is 0. The van der Waals surface area contributed by atoms with Crippen molar-refractivity contribution >= 4 is 15.7 Å². The van der Waals surface area contributed by atoms with E-state index in [1.165, 1.54) is 0 Å². The van der Waals surface area contributed by atoms with E-state index in [-0.39, 0.29) is 40.1 Å². The molecule has 0 aliphatic rings. The summed E-state index contributed by atoms with van der Waals surface area (Å²) in [6.45, 7) is 12.0. The van der Waals surface area contributed by atoms with E-state index in [0.29, 0.717) is 5.69 Å². The molecule has 0 aliphatic heterocycles. The van der Waals surface area contributed by atoms with Crippen LogP contribution in [0, 0.1) is 6.07 Å². The number of nitrogens with zero attached hydrogens (tertiary/aromatic N) is 1. The maximum absolute atomic E-state index is 10.6. The third-order valence-corrected chi connectivity index (χ3v) is 1.49. The van der Waals surface area contributed by atoms with Gasteiger partial charge < -0.3 is 4.72 Å². The van der Waals surface area contributed by atoms with Gasteiger partial charge in [0, 0.05) is 39.0 Å². The second kappa shape index (κ2) is 23.2. The second-order valence-electron chi connectivity index (χ2n) is 2.07. The van der Waals surface area contributed by atoms with Gasteiger partial charge in [0.25, 0.3) is 0 Å². The van der Waals surface area contributed by atoms with Crippen molar-refractivity contribution in [2.24, 2.45) is 0 Å². The summed E-state index contributed by atoms with van der Waals surface area (Å²) in [6, 6.07) is 9.34. The number of hydrogen-bond acceptors (Lipinski definition) is 2. The van der Waals surface area contributed by atoms with Crippen molar-refractivity contribution in [1.82, 2.24) is 0 Å². The van der Waals surface area contributed by atoms with Gasteiger partial charge in [0.15, 0.2) is 0 Å². The molecule has 0 atom stereocenters. The van der Waals surface area contributed by atoms with Crippen LogP contribution in [0.15, 0.2) is 24.3 Å². The van der Waals surface area contributed by atoms with Crippen LogP contribution < -0.4 is 0 Å². The van der Waals surface area contributed by atoms with Crippen molar-refractivity contribution in [1.29, 1.82) is 0 Å². The summed E-state index contributed by atoms with van der Waals surface area (Å²) in [4.78, 5) is 0. The van der Waals surface area contributed by atoms with E-state index >= 15 is 0 Å². The second-order valence-corrected chi connectivity index (χ2v) is 3.72. The monoisotopic (exact) mass is 364 g/mol. The fourth-order valence-electron chi connectivity index (χ4n) is 0.619. The van der Waals surface area contributed by atoms with Crippen LogP contribution in [-0.4, -0.2) is 14.7 Å². The molecule has 1 rings (SSSR count). The smallest absolute Gasteiger partial charge is 0.0894 e. The van der Waals surface area contributed by atoms with Gasteiger partial charge in [-0.3, -0.25) is 0 Å². The van der Waals surface area contributed by atoms with Gasteiger partial charge >= 0.3 is 0 Å². The quantitative estimate of drug-likeness (QED) is 0.680. The van der Waals surface area contributed by atoms with Crippen LogP contribution in [0.2, 0.25) is 0 Å². The van der Waals surface area contributed by atoms with Crippen molar-refractivity contribution in [2.75, 3.05) is 6.26 Å². The molecular formula is C14H29NO2SY-2. The summed E-state index contributed by atoms with van der Waals surface area (Å²) in [5.41, 5.74) is 0.343. The summed E-state index contributed by atoms with van der Waals surface area (Å²) in [5, 5.41) is 0. The van der Waals surface area contributed by atoms with Crippen LogP contribution >= 0.6 is 0 Å². The zero-order chi connectivity index (χ0) is 14.3. The molecule has 0 heterocycles. The van der Waals surface area contributed by atoms with Gasteiger partial charge in [0.05, 0.1) is 10.0 Å². The zero-order valence-corrected chi connectivity index (χ0v) is 16.2. The van der Waals surface area contributed by atoms with Crippen LogP contribution in [0.25, 0.3) is 4.72 Å². The maximum Gasteiger partial charge on any atom is 0.0894 e. The molecule has 0 amide bonds.